The zero-order chi connectivity index (χ0) is 76.3. The van der Waals surface area contributed by atoms with Crippen LogP contribution in [0.3, 0.4) is 0 Å². The van der Waals surface area contributed by atoms with Crippen LogP contribution in [0.5, 0.6) is 0 Å². The fraction of sp³-hybridized carbons (Fsp3) is 0.0323. The zero-order valence-corrected chi connectivity index (χ0v) is 34.0. The molecule has 2 unspecified atom stereocenters. The molecule has 11 aromatic rings. The van der Waals surface area contributed by atoms with Crippen molar-refractivity contribution >= 4 is 0 Å². The Kier molecular flexibility index (Phi) is 4.20. The lowest BCUT2D eigenvalue weighted by Gasteiger charge is -2.42. The Morgan fingerprint density at radius 1 is 0.235 bits per heavy atom. The van der Waals surface area contributed by atoms with Crippen LogP contribution < -0.4 is 0 Å². The lowest BCUT2D eigenvalue weighted by atomic mass is 9.61. The summed E-state index contributed by atoms with van der Waals surface area (Å²) in [7, 11) is 0. The number of aromatic nitrogens is 6. The molecule has 6 heteroatoms. The monoisotopic (exact) mass is 905 g/mol. The summed E-state index contributed by atoms with van der Waals surface area (Å²) in [4.78, 5) is 26.9. The molecule has 2 atom stereocenters. The van der Waals surface area contributed by atoms with Gasteiger partial charge in [0.05, 0.1) is 49.3 Å². The Balaban J connectivity index is 1.12. The van der Waals surface area contributed by atoms with E-state index in [9.17, 15) is 13.7 Å². The molecule has 0 amide bonds. The molecular formula is C62H40N6. The van der Waals surface area contributed by atoms with Crippen LogP contribution in [-0.4, -0.2) is 29.9 Å². The molecule has 0 N–H and O–H groups in total. The topological polar surface area (TPSA) is 77.3 Å². The number of rotatable bonds is 8. The van der Waals surface area contributed by atoms with E-state index >= 15 is 0 Å². The molecule has 0 saturated heterocycles. The van der Waals surface area contributed by atoms with Gasteiger partial charge in [-0.3, -0.25) is 0 Å². The minimum absolute atomic E-state index is 0.278. The lowest BCUT2D eigenvalue weighted by molar-refractivity contribution is 0.754. The summed E-state index contributed by atoms with van der Waals surface area (Å²) in [6.07, 6.45) is 0. The van der Waals surface area contributed by atoms with E-state index in [2.05, 4.69) is 29.9 Å². The highest BCUT2D eigenvalue weighted by molar-refractivity contribution is 5.84. The summed E-state index contributed by atoms with van der Waals surface area (Å²) in [6, 6.07) is -30.9. The Hall–Kier alpha value is -9.00. The van der Waals surface area contributed by atoms with Crippen molar-refractivity contribution in [3.05, 3.63) is 263 Å². The maximum Gasteiger partial charge on any atom is 0.164 e. The van der Waals surface area contributed by atoms with E-state index in [1.54, 1.807) is 0 Å². The third kappa shape index (κ3) is 6.81. The normalized spacial score (nSPS) is 21.6. The van der Waals surface area contributed by atoms with Crippen molar-refractivity contribution in [2.24, 2.45) is 0 Å². The van der Waals surface area contributed by atoms with Crippen LogP contribution in [0.4, 0.5) is 0 Å². The summed E-state index contributed by atoms with van der Waals surface area (Å²) in [5.74, 6) is -8.68. The van der Waals surface area contributed by atoms with Crippen LogP contribution in [0.15, 0.2) is 230 Å². The van der Waals surface area contributed by atoms with Crippen LogP contribution in [0.2, 0.25) is 0 Å². The Labute approximate surface area is 445 Å². The third-order valence-electron chi connectivity index (χ3n) is 10.9. The SMILES string of the molecule is [2H]c1cc(-c2nc(-c3c([2H])c([2H])c([2H])c([2H])c3[2H])nc(-c3c([2H])c([2H])c([2H])c([2H])c3-c3c([2H])c([2H])c([2H])c([2H])c3[2H])n2)c([2H])c2c1C1c3c([2H])c(-c4nc(-c5c([2H])c([2H])c([2H])c([2H])c5[2H])nc(-c5c([2H])c([2H])c([2H])c([2H])c5-c5c([2H])c([2H])c([2H])c([2H])c5[2H])n4)cc([2H])c3C2c2c([2H])c([2H])c([2H])c([2H])c21. The van der Waals surface area contributed by atoms with Crippen molar-refractivity contribution in [1.29, 1.82) is 0 Å². The van der Waals surface area contributed by atoms with Gasteiger partial charge >= 0.3 is 0 Å². The fourth-order valence-corrected chi connectivity index (χ4v) is 8.03. The molecule has 68 heavy (non-hydrogen) atoms. The van der Waals surface area contributed by atoms with Crippen molar-refractivity contribution in [3.63, 3.8) is 0 Å². The van der Waals surface area contributed by atoms with Crippen LogP contribution in [-0.2, 0) is 0 Å². The number of nitrogens with zero attached hydrogens (tertiary/aromatic N) is 6. The second-order valence-corrected chi connectivity index (χ2v) is 14.6. The second kappa shape index (κ2) is 16.5. The van der Waals surface area contributed by atoms with Crippen LogP contribution >= 0.6 is 0 Å². The minimum atomic E-state index is -1.81. The fourth-order valence-electron chi connectivity index (χ4n) is 8.03. The van der Waals surface area contributed by atoms with E-state index in [4.69, 9.17) is 35.6 Å². The molecule has 2 heterocycles. The molecule has 0 spiro atoms. The van der Waals surface area contributed by atoms with Gasteiger partial charge in [-0.05, 0) is 67.7 Å². The van der Waals surface area contributed by atoms with E-state index in [0.29, 0.717) is 0 Å². The van der Waals surface area contributed by atoms with Gasteiger partial charge in [0.15, 0.2) is 34.9 Å². The molecule has 318 valence electrons. The van der Waals surface area contributed by atoms with E-state index in [1.807, 2.05) is 0 Å². The molecule has 2 bridgehead atoms. The average Bonchev–Trinajstić information content (AvgIpc) is 0.671. The van der Waals surface area contributed by atoms with Gasteiger partial charge in [0.1, 0.15) is 0 Å². The van der Waals surface area contributed by atoms with E-state index in [0.717, 1.165) is 12.1 Å². The van der Waals surface area contributed by atoms with Crippen molar-refractivity contribution in [2.45, 2.75) is 11.8 Å². The molecule has 14 rings (SSSR count). The summed E-state index contributed by atoms with van der Waals surface area (Å²) < 4.78 is 323. The highest BCUT2D eigenvalue weighted by Crippen LogP contribution is 2.56. The first-order valence-corrected chi connectivity index (χ1v) is 20.1. The van der Waals surface area contributed by atoms with Crippen molar-refractivity contribution in [3.8, 4) is 90.6 Å². The molecule has 3 aliphatic carbocycles. The Morgan fingerprint density at radius 3 is 0.897 bits per heavy atom. The van der Waals surface area contributed by atoms with Crippen LogP contribution in [0.25, 0.3) is 90.6 Å². The molecule has 0 saturated carbocycles. The molecule has 3 aliphatic rings. The van der Waals surface area contributed by atoms with Crippen molar-refractivity contribution in [1.82, 2.24) is 29.9 Å². The predicted octanol–water partition coefficient (Wildman–Crippen LogP) is 14.4. The smallest absolute Gasteiger partial charge is 0.164 e. The third-order valence-corrected chi connectivity index (χ3v) is 10.9. The standard InChI is InChI=1S/C62H40N6/c1-5-19-39(20-6-1)45-27-13-17-31-51(45)61-65-57(41-23-9-3-10-24-41)63-59(67-61)43-33-35-49-53(37-43)55-47-29-15-16-30-48(47)56(49)54-38-44(34-36-50(54)55)60-64-58(42-25-11-4-12-26-42)66-62(68-60)52-32-18-14-28-46(52)40-21-7-2-8-22-40/h1-38,55-56H/i1D,2D,3D,4D,5D,6D,7D,8D,9D,10D,11D,12D,13D,14D,15D,16D,17D,18D,19D,20D,21D,22D,23D,24D,25D,26D,27D,28D,29D,30D,31D,32D,35D,36D,37D,38D. The second-order valence-electron chi connectivity index (χ2n) is 14.6. The Bertz CT molecular complexity index is 5400. The first-order chi connectivity index (χ1) is 48.6. The highest BCUT2D eigenvalue weighted by Gasteiger charge is 2.41. The maximum atomic E-state index is 10.3. The van der Waals surface area contributed by atoms with Gasteiger partial charge in [-0.2, -0.15) is 0 Å². The molecule has 0 radical (unpaired) electrons. The molecule has 9 aromatic carbocycles. The van der Waals surface area contributed by atoms with Gasteiger partial charge in [-0.25, -0.2) is 29.9 Å². The number of hydrogen-bond acceptors (Lipinski definition) is 6. The first-order valence-electron chi connectivity index (χ1n) is 38.1. The highest BCUT2D eigenvalue weighted by atomic mass is 15.0. The average molecular weight is 905 g/mol. The largest absolute Gasteiger partial charge is 0.208 e. The first kappa shape index (κ1) is 17.3. The van der Waals surface area contributed by atoms with Gasteiger partial charge in [-0.15, -0.1) is 0 Å². The Morgan fingerprint density at radius 2 is 0.515 bits per heavy atom. The van der Waals surface area contributed by atoms with Crippen LogP contribution in [0.1, 0.15) is 94.6 Å². The number of benzene rings is 9. The maximum absolute atomic E-state index is 10.3. The van der Waals surface area contributed by atoms with E-state index in [-0.39, 0.29) is 33.4 Å². The van der Waals surface area contributed by atoms with Crippen LogP contribution in [0, 0.1) is 0 Å². The van der Waals surface area contributed by atoms with E-state index < -0.39 is 320 Å². The molecular weight excluding hydrogens is 829 g/mol. The van der Waals surface area contributed by atoms with Gasteiger partial charge in [-0.1, -0.05) is 218 Å². The zero-order valence-electron chi connectivity index (χ0n) is 70.0. The van der Waals surface area contributed by atoms with Crippen molar-refractivity contribution < 1.29 is 49.3 Å². The molecule has 6 nitrogen and oxygen atoms in total. The lowest BCUT2D eigenvalue weighted by Crippen LogP contribution is -2.27. The summed E-state index contributed by atoms with van der Waals surface area (Å²) in [5.41, 5.74) is -9.26. The molecule has 2 aromatic heterocycles. The predicted molar refractivity (Wildman–Crippen MR) is 271 cm³/mol. The van der Waals surface area contributed by atoms with E-state index in [1.165, 1.54) is 0 Å². The molecule has 0 aliphatic heterocycles. The van der Waals surface area contributed by atoms with Gasteiger partial charge < -0.3 is 0 Å². The summed E-state index contributed by atoms with van der Waals surface area (Å²) in [5, 5.41) is 0. The van der Waals surface area contributed by atoms with Gasteiger partial charge in [0.25, 0.3) is 0 Å². The van der Waals surface area contributed by atoms with Crippen molar-refractivity contribution in [2.75, 3.05) is 0 Å². The number of hydrogen-bond donors (Lipinski definition) is 0. The quantitative estimate of drug-likeness (QED) is 0.151. The summed E-state index contributed by atoms with van der Waals surface area (Å²) in [6.45, 7) is 0. The summed E-state index contributed by atoms with van der Waals surface area (Å²) >= 11 is 0. The molecule has 0 fully saturated rings. The van der Waals surface area contributed by atoms with Gasteiger partial charge in [0, 0.05) is 45.2 Å². The minimum Gasteiger partial charge on any atom is -0.208 e. The van der Waals surface area contributed by atoms with Gasteiger partial charge in [0.2, 0.25) is 0 Å².